The predicted molar refractivity (Wildman–Crippen MR) is 100 cm³/mol. The first-order chi connectivity index (χ1) is 12.7. The second-order valence-corrected chi connectivity index (χ2v) is 10.1. The number of nitrogens with zero attached hydrogens (tertiary/aromatic N) is 4. The van der Waals surface area contributed by atoms with Crippen LogP contribution in [0.5, 0.6) is 0 Å². The summed E-state index contributed by atoms with van der Waals surface area (Å²) in [7, 11) is 3.71. The average Bonchev–Trinajstić information content (AvgIpc) is 2.62. The molecule has 1 aromatic rings. The van der Waals surface area contributed by atoms with Crippen LogP contribution in [0, 0.1) is 0 Å². The zero-order valence-corrected chi connectivity index (χ0v) is 22.7. The molecular formula is C17H30HgN5O4. The van der Waals surface area contributed by atoms with Gasteiger partial charge in [-0.3, -0.25) is 0 Å². The molecule has 10 heteroatoms. The Morgan fingerprint density at radius 3 is 2.26 bits per heavy atom. The molecule has 1 aliphatic rings. The van der Waals surface area contributed by atoms with Crippen LogP contribution in [0.15, 0.2) is 15.7 Å². The fourth-order valence-electron chi connectivity index (χ4n) is 2.78. The van der Waals surface area contributed by atoms with Gasteiger partial charge in [-0.2, -0.15) is 0 Å². The van der Waals surface area contributed by atoms with Gasteiger partial charge in [0.2, 0.25) is 0 Å². The van der Waals surface area contributed by atoms with Crippen molar-refractivity contribution in [1.82, 2.24) is 17.2 Å². The van der Waals surface area contributed by atoms with Crippen molar-refractivity contribution >= 4 is 11.9 Å². The van der Waals surface area contributed by atoms with E-state index in [1.165, 1.54) is 10.6 Å². The molecule has 149 valence electrons. The molecule has 0 radical (unpaired) electrons. The van der Waals surface area contributed by atoms with Gasteiger partial charge >= 0.3 is 143 Å². The Balaban J connectivity index is 0.00000176. The molecule has 1 aliphatic heterocycles. The average molecular weight is 569 g/mol. The summed E-state index contributed by atoms with van der Waals surface area (Å²) in [6.07, 6.45) is 0.591. The number of H-pyrrole nitrogens is 1. The van der Waals surface area contributed by atoms with Gasteiger partial charge in [0.1, 0.15) is 0 Å². The Kier molecular flexibility index (Phi) is 9.51. The van der Waals surface area contributed by atoms with Crippen LogP contribution in [0.2, 0.25) is 0 Å². The number of hydrazine groups is 1. The van der Waals surface area contributed by atoms with E-state index in [1.54, 1.807) is 30.8 Å². The van der Waals surface area contributed by atoms with Crippen molar-refractivity contribution in [2.45, 2.75) is 52.7 Å². The van der Waals surface area contributed by atoms with Crippen molar-refractivity contribution in [1.29, 1.82) is 0 Å². The molecule has 1 amide bonds. The number of aromatic amines is 1. The van der Waals surface area contributed by atoms with Gasteiger partial charge in [0.15, 0.2) is 0 Å². The van der Waals surface area contributed by atoms with Gasteiger partial charge in [-0.25, -0.2) is 0 Å². The van der Waals surface area contributed by atoms with E-state index in [0.29, 0.717) is 58.2 Å². The van der Waals surface area contributed by atoms with Crippen LogP contribution >= 0.6 is 0 Å². The number of carbonyl (C=O) groups excluding carboxylic acids is 1. The topological polar surface area (TPSA) is 90.9 Å². The van der Waals surface area contributed by atoms with Crippen molar-refractivity contribution in [2.75, 3.05) is 32.2 Å². The van der Waals surface area contributed by atoms with E-state index in [2.05, 4.69) is 4.98 Å². The van der Waals surface area contributed by atoms with Crippen molar-refractivity contribution < 1.29 is 36.0 Å². The number of rotatable bonds is 4. The zero-order valence-electron chi connectivity index (χ0n) is 17.2. The summed E-state index contributed by atoms with van der Waals surface area (Å²) in [5.74, 6) is 0.488. The Hall–Kier alpha value is -1.35. The van der Waals surface area contributed by atoms with E-state index >= 15 is 0 Å². The van der Waals surface area contributed by atoms with Crippen LogP contribution in [-0.4, -0.2) is 56.6 Å². The summed E-state index contributed by atoms with van der Waals surface area (Å²) in [6.45, 7) is 8.55. The standard InChI is InChI=1S/C15H24N5O4.C2H6.Hg/c1-10(2)24-15(23)19-7-5-11(6-8-19)20-13(21)9-12(17-14(20)22)18(4)16-3;1-2;/h9-11H,5-8H2,1-4H3,(H,17,22);1-2H3;/q-1;;+1. The first-order valence-corrected chi connectivity index (χ1v) is 11.8. The third-order valence-corrected chi connectivity index (χ3v) is 5.89. The normalized spacial score (nSPS) is 14.8. The van der Waals surface area contributed by atoms with Crippen molar-refractivity contribution in [3.05, 3.63) is 26.9 Å². The van der Waals surface area contributed by atoms with E-state index in [0.717, 1.165) is 0 Å². The number of hydrogen-bond acceptors (Lipinski definition) is 6. The molecule has 0 spiro atoms. The Labute approximate surface area is 176 Å². The van der Waals surface area contributed by atoms with Crippen LogP contribution < -0.4 is 16.3 Å². The quantitative estimate of drug-likeness (QED) is 0.437. The maximum atomic E-state index is 12.5. The molecule has 2 heterocycles. The second-order valence-electron chi connectivity index (χ2n) is 6.50. The fraction of sp³-hybridized carbons (Fsp3) is 0.706. The van der Waals surface area contributed by atoms with Crippen LogP contribution in [0.3, 0.4) is 0 Å². The zero-order chi connectivity index (χ0) is 20.7. The van der Waals surface area contributed by atoms with Crippen molar-refractivity contribution in [3.8, 4) is 0 Å². The molecule has 0 bridgehead atoms. The molecule has 1 fully saturated rings. The van der Waals surface area contributed by atoms with E-state index in [9.17, 15) is 14.4 Å². The van der Waals surface area contributed by atoms with Gasteiger partial charge < -0.3 is 0 Å². The number of piperidine rings is 1. The molecule has 9 nitrogen and oxygen atoms in total. The number of nitrogens with one attached hydrogen (secondary N) is 1. The van der Waals surface area contributed by atoms with Gasteiger partial charge in [-0.1, -0.05) is 13.8 Å². The van der Waals surface area contributed by atoms with Crippen LogP contribution in [0.25, 0.3) is 0 Å². The van der Waals surface area contributed by atoms with Crippen molar-refractivity contribution in [3.63, 3.8) is 0 Å². The van der Waals surface area contributed by atoms with Gasteiger partial charge in [0.05, 0.1) is 6.10 Å². The minimum atomic E-state index is -0.409. The van der Waals surface area contributed by atoms with Crippen molar-refractivity contribution in [2.24, 2.45) is 0 Å². The van der Waals surface area contributed by atoms with E-state index in [4.69, 9.17) is 4.74 Å². The second kappa shape index (κ2) is 10.8. The summed E-state index contributed by atoms with van der Waals surface area (Å²) in [5, 5.41) is 1.76. The van der Waals surface area contributed by atoms with E-state index < -0.39 is 5.69 Å². The third kappa shape index (κ3) is 6.34. The monoisotopic (exact) mass is 570 g/mol. The van der Waals surface area contributed by atoms with Gasteiger partial charge in [0.25, 0.3) is 0 Å². The summed E-state index contributed by atoms with van der Waals surface area (Å²) >= 11 is 0.341. The Morgan fingerprint density at radius 2 is 1.81 bits per heavy atom. The molecule has 1 saturated heterocycles. The number of aromatic nitrogens is 2. The molecule has 27 heavy (non-hydrogen) atoms. The Morgan fingerprint density at radius 1 is 1.26 bits per heavy atom. The minimum absolute atomic E-state index is 0.166. The molecule has 1 aromatic heterocycles. The number of amides is 1. The van der Waals surface area contributed by atoms with Gasteiger partial charge in [-0.05, 0) is 13.8 Å². The van der Waals surface area contributed by atoms with Gasteiger partial charge in [0, 0.05) is 0 Å². The number of ether oxygens (including phenoxy) is 1. The fourth-order valence-corrected chi connectivity index (χ4v) is 3.37. The molecule has 2 rings (SSSR count). The summed E-state index contributed by atoms with van der Waals surface area (Å²) in [5.41, 5.74) is -0.725. The van der Waals surface area contributed by atoms with Crippen LogP contribution in [0.1, 0.15) is 46.6 Å². The number of likely N-dealkylation sites (tertiary alicyclic amines) is 1. The number of anilines is 1. The first-order valence-electron chi connectivity index (χ1n) is 9.30. The molecule has 0 atom stereocenters. The summed E-state index contributed by atoms with van der Waals surface area (Å²) < 4.78 is 8.40. The predicted octanol–water partition coefficient (Wildman–Crippen LogP) is 1.49. The molecule has 1 N–H and O–H groups in total. The SMILES string of the molecule is CC.CC(C)OC(=O)N1CCC(n2c(=O)cc(N(C)[N](C)[Hg])[nH]c2=O)CC1. The number of carbonyl (C=O) groups is 1. The maximum absolute atomic E-state index is 12.5. The molecule has 0 aliphatic carbocycles. The molecule has 0 aromatic carbocycles. The summed E-state index contributed by atoms with van der Waals surface area (Å²) in [4.78, 5) is 41.2. The third-order valence-electron chi connectivity index (χ3n) is 4.24. The summed E-state index contributed by atoms with van der Waals surface area (Å²) in [6, 6.07) is 1.24. The number of hydrogen-bond donors (Lipinski definition) is 1. The molecule has 0 saturated carbocycles. The Bertz CT molecular complexity index is 692. The van der Waals surface area contributed by atoms with E-state index in [1.807, 2.05) is 23.7 Å². The molecular weight excluding hydrogens is 539 g/mol. The van der Waals surface area contributed by atoms with Crippen LogP contribution in [-0.2, 0) is 31.2 Å². The van der Waals surface area contributed by atoms with Crippen LogP contribution in [0.4, 0.5) is 10.6 Å². The van der Waals surface area contributed by atoms with E-state index in [-0.39, 0.29) is 23.8 Å². The first kappa shape index (κ1) is 23.7. The van der Waals surface area contributed by atoms with Gasteiger partial charge in [-0.15, -0.1) is 0 Å². The molecule has 0 unspecified atom stereocenters.